The Bertz CT molecular complexity index is 556. The van der Waals surface area contributed by atoms with Crippen LogP contribution in [0.4, 0.5) is 5.69 Å². The van der Waals surface area contributed by atoms with Crippen molar-refractivity contribution in [2.24, 2.45) is 5.84 Å². The van der Waals surface area contributed by atoms with Gasteiger partial charge >= 0.3 is 0 Å². The zero-order valence-corrected chi connectivity index (χ0v) is 10.6. The molecule has 5 heteroatoms. The van der Waals surface area contributed by atoms with Gasteiger partial charge in [-0.05, 0) is 18.6 Å². The number of hydrogen-bond donors (Lipinski definition) is 3. The lowest BCUT2D eigenvalue weighted by Gasteiger charge is -2.15. The number of carbonyl (C=O) groups excluding carboxylic acids is 1. The van der Waals surface area contributed by atoms with Gasteiger partial charge in [0.2, 0.25) is 0 Å². The molecular formula is C14H16N4O. The van der Waals surface area contributed by atoms with E-state index in [0.29, 0.717) is 11.3 Å². The van der Waals surface area contributed by atoms with Crippen molar-refractivity contribution in [2.75, 3.05) is 5.43 Å². The third kappa shape index (κ3) is 3.08. The van der Waals surface area contributed by atoms with Crippen molar-refractivity contribution in [3.05, 3.63) is 59.9 Å². The van der Waals surface area contributed by atoms with Gasteiger partial charge in [0.15, 0.2) is 0 Å². The van der Waals surface area contributed by atoms with Crippen LogP contribution in [-0.4, -0.2) is 10.9 Å². The van der Waals surface area contributed by atoms with Crippen LogP contribution in [0.3, 0.4) is 0 Å². The average Bonchev–Trinajstić information content (AvgIpc) is 2.48. The molecule has 1 atom stereocenters. The molecule has 1 aromatic carbocycles. The summed E-state index contributed by atoms with van der Waals surface area (Å²) in [6.45, 7) is 1.93. The summed E-state index contributed by atoms with van der Waals surface area (Å²) in [6.07, 6.45) is 3.07. The molecule has 2 aromatic rings. The van der Waals surface area contributed by atoms with Crippen molar-refractivity contribution in [1.82, 2.24) is 10.3 Å². The summed E-state index contributed by atoms with van der Waals surface area (Å²) in [7, 11) is 0. The molecule has 1 aromatic heterocycles. The first-order valence-electron chi connectivity index (χ1n) is 5.99. The number of hydrazine groups is 1. The Labute approximate surface area is 111 Å². The maximum Gasteiger partial charge on any atom is 0.254 e. The van der Waals surface area contributed by atoms with E-state index in [1.807, 2.05) is 37.3 Å². The van der Waals surface area contributed by atoms with E-state index in [4.69, 9.17) is 5.84 Å². The number of benzene rings is 1. The van der Waals surface area contributed by atoms with Crippen molar-refractivity contribution >= 4 is 11.6 Å². The highest BCUT2D eigenvalue weighted by molar-refractivity contribution is 5.99. The fourth-order valence-electron chi connectivity index (χ4n) is 1.81. The van der Waals surface area contributed by atoms with E-state index in [2.05, 4.69) is 15.7 Å². The van der Waals surface area contributed by atoms with Gasteiger partial charge in [-0.1, -0.05) is 30.3 Å². The number of rotatable bonds is 4. The molecule has 1 heterocycles. The lowest BCUT2D eigenvalue weighted by molar-refractivity contribution is 0.0940. The first-order valence-corrected chi connectivity index (χ1v) is 5.99. The number of nitrogens with two attached hydrogens (primary N) is 1. The Morgan fingerprint density at radius 1 is 1.26 bits per heavy atom. The van der Waals surface area contributed by atoms with Crippen LogP contribution >= 0.6 is 0 Å². The third-order valence-electron chi connectivity index (χ3n) is 2.87. The molecule has 98 valence electrons. The smallest absolute Gasteiger partial charge is 0.254 e. The van der Waals surface area contributed by atoms with Crippen LogP contribution in [-0.2, 0) is 0 Å². The third-order valence-corrected chi connectivity index (χ3v) is 2.87. The number of pyridine rings is 1. The molecule has 0 fully saturated rings. The zero-order valence-electron chi connectivity index (χ0n) is 10.6. The largest absolute Gasteiger partial charge is 0.345 e. The highest BCUT2D eigenvalue weighted by atomic mass is 16.1. The number of nitrogens with one attached hydrogen (secondary N) is 2. The van der Waals surface area contributed by atoms with E-state index in [1.54, 1.807) is 12.3 Å². The maximum atomic E-state index is 12.2. The predicted octanol–water partition coefficient (Wildman–Crippen LogP) is 1.86. The van der Waals surface area contributed by atoms with Crippen LogP contribution in [0, 0.1) is 0 Å². The average molecular weight is 256 g/mol. The molecule has 1 amide bonds. The Morgan fingerprint density at radius 2 is 2.00 bits per heavy atom. The molecule has 0 bridgehead atoms. The van der Waals surface area contributed by atoms with E-state index < -0.39 is 0 Å². The molecule has 0 aliphatic heterocycles. The molecular weight excluding hydrogens is 240 g/mol. The topological polar surface area (TPSA) is 80.0 Å². The highest BCUT2D eigenvalue weighted by Crippen LogP contribution is 2.15. The highest BCUT2D eigenvalue weighted by Gasteiger charge is 2.14. The van der Waals surface area contributed by atoms with Gasteiger partial charge in [0.25, 0.3) is 5.91 Å². The Morgan fingerprint density at radius 3 is 2.68 bits per heavy atom. The second kappa shape index (κ2) is 5.97. The number of nitrogen functional groups attached to an aromatic ring is 1. The fraction of sp³-hybridized carbons (Fsp3) is 0.143. The molecule has 2 rings (SSSR count). The van der Waals surface area contributed by atoms with Crippen LogP contribution in [0.2, 0.25) is 0 Å². The number of anilines is 1. The van der Waals surface area contributed by atoms with E-state index in [1.165, 1.54) is 6.20 Å². The van der Waals surface area contributed by atoms with E-state index in [9.17, 15) is 4.79 Å². The fourth-order valence-corrected chi connectivity index (χ4v) is 1.81. The van der Waals surface area contributed by atoms with Crippen molar-refractivity contribution < 1.29 is 4.79 Å². The van der Waals surface area contributed by atoms with E-state index in [-0.39, 0.29) is 11.9 Å². The molecule has 0 spiro atoms. The van der Waals surface area contributed by atoms with Crippen LogP contribution in [0.1, 0.15) is 28.9 Å². The minimum Gasteiger partial charge on any atom is -0.345 e. The molecule has 0 aliphatic carbocycles. The van der Waals surface area contributed by atoms with Gasteiger partial charge in [-0.3, -0.25) is 15.6 Å². The number of amides is 1. The number of carbonyl (C=O) groups is 1. The SMILES string of the molecule is CC(NC(=O)c1ccncc1NN)c1ccccc1. The number of nitrogens with zero attached hydrogens (tertiary/aromatic N) is 1. The molecule has 19 heavy (non-hydrogen) atoms. The van der Waals surface area contributed by atoms with Gasteiger partial charge in [0, 0.05) is 6.20 Å². The quantitative estimate of drug-likeness (QED) is 0.576. The second-order valence-electron chi connectivity index (χ2n) is 4.17. The van der Waals surface area contributed by atoms with Gasteiger partial charge < -0.3 is 10.7 Å². The predicted molar refractivity (Wildman–Crippen MR) is 74.4 cm³/mol. The summed E-state index contributed by atoms with van der Waals surface area (Å²) >= 11 is 0. The summed E-state index contributed by atoms with van der Waals surface area (Å²) < 4.78 is 0. The van der Waals surface area contributed by atoms with Crippen molar-refractivity contribution in [1.29, 1.82) is 0 Å². The summed E-state index contributed by atoms with van der Waals surface area (Å²) in [5.74, 6) is 5.17. The van der Waals surface area contributed by atoms with Gasteiger partial charge in [-0.2, -0.15) is 0 Å². The first kappa shape index (κ1) is 13.0. The van der Waals surface area contributed by atoms with Crippen LogP contribution < -0.4 is 16.6 Å². The minimum absolute atomic E-state index is 0.0764. The Kier molecular flexibility index (Phi) is 4.10. The normalized spacial score (nSPS) is 11.7. The summed E-state index contributed by atoms with van der Waals surface area (Å²) in [5.41, 5.74) is 4.49. The summed E-state index contributed by atoms with van der Waals surface area (Å²) in [6, 6.07) is 11.3. The molecule has 0 saturated carbocycles. The lowest BCUT2D eigenvalue weighted by atomic mass is 10.1. The van der Waals surface area contributed by atoms with Gasteiger partial charge in [0.1, 0.15) is 0 Å². The molecule has 4 N–H and O–H groups in total. The second-order valence-corrected chi connectivity index (χ2v) is 4.17. The zero-order chi connectivity index (χ0) is 13.7. The van der Waals surface area contributed by atoms with Crippen LogP contribution in [0.25, 0.3) is 0 Å². The molecule has 1 unspecified atom stereocenters. The molecule has 5 nitrogen and oxygen atoms in total. The molecule has 0 aliphatic rings. The van der Waals surface area contributed by atoms with Crippen LogP contribution in [0.5, 0.6) is 0 Å². The van der Waals surface area contributed by atoms with E-state index >= 15 is 0 Å². The van der Waals surface area contributed by atoms with Crippen LogP contribution in [0.15, 0.2) is 48.8 Å². The molecule has 0 radical (unpaired) electrons. The first-order chi connectivity index (χ1) is 9.22. The van der Waals surface area contributed by atoms with Gasteiger partial charge in [0.05, 0.1) is 23.5 Å². The van der Waals surface area contributed by atoms with Crippen molar-refractivity contribution in [3.63, 3.8) is 0 Å². The lowest BCUT2D eigenvalue weighted by Crippen LogP contribution is -2.28. The van der Waals surface area contributed by atoms with Crippen molar-refractivity contribution in [3.8, 4) is 0 Å². The van der Waals surface area contributed by atoms with Gasteiger partial charge in [-0.15, -0.1) is 0 Å². The Balaban J connectivity index is 2.13. The standard InChI is InChI=1S/C14H16N4O/c1-10(11-5-3-2-4-6-11)17-14(19)12-7-8-16-9-13(12)18-15/h2-10,18H,15H2,1H3,(H,17,19). The van der Waals surface area contributed by atoms with Crippen molar-refractivity contribution in [2.45, 2.75) is 13.0 Å². The summed E-state index contributed by atoms with van der Waals surface area (Å²) in [5, 5.41) is 2.92. The Hall–Kier alpha value is -2.40. The maximum absolute atomic E-state index is 12.2. The number of hydrogen-bond acceptors (Lipinski definition) is 4. The van der Waals surface area contributed by atoms with E-state index in [0.717, 1.165) is 5.56 Å². The van der Waals surface area contributed by atoms with Gasteiger partial charge in [-0.25, -0.2) is 0 Å². The summed E-state index contributed by atoms with van der Waals surface area (Å²) in [4.78, 5) is 16.1. The monoisotopic (exact) mass is 256 g/mol. The minimum atomic E-state index is -0.188. The molecule has 0 saturated heterocycles. The number of aromatic nitrogens is 1.